The zero-order chi connectivity index (χ0) is 17.1. The number of fused-ring (bicyclic) bond motifs is 1. The quantitative estimate of drug-likeness (QED) is 0.782. The minimum Gasteiger partial charge on any atom is -0.491 e. The van der Waals surface area contributed by atoms with Crippen molar-refractivity contribution in [3.05, 3.63) is 59.1 Å². The van der Waals surface area contributed by atoms with E-state index in [2.05, 4.69) is 5.32 Å². The van der Waals surface area contributed by atoms with Gasteiger partial charge in [0.1, 0.15) is 12.3 Å². The van der Waals surface area contributed by atoms with Crippen LogP contribution in [0.15, 0.2) is 57.7 Å². The smallest absolute Gasteiger partial charge is 0.420 e. The van der Waals surface area contributed by atoms with Gasteiger partial charge in [0, 0.05) is 5.69 Å². The average molecular weight is 326 g/mol. The van der Waals surface area contributed by atoms with Crippen LogP contribution in [0.25, 0.3) is 11.1 Å². The molecule has 0 atom stereocenters. The molecule has 0 bridgehead atoms. The van der Waals surface area contributed by atoms with E-state index in [9.17, 15) is 9.59 Å². The van der Waals surface area contributed by atoms with Gasteiger partial charge in [0.25, 0.3) is 0 Å². The second-order valence-corrected chi connectivity index (χ2v) is 5.66. The molecule has 0 spiro atoms. The number of aromatic nitrogens is 1. The van der Waals surface area contributed by atoms with E-state index in [1.54, 1.807) is 48.5 Å². The molecule has 0 saturated heterocycles. The molecule has 6 nitrogen and oxygen atoms in total. The first-order chi connectivity index (χ1) is 11.5. The average Bonchev–Trinajstić information content (AvgIpc) is 2.85. The van der Waals surface area contributed by atoms with Gasteiger partial charge < -0.3 is 14.5 Å². The highest BCUT2D eigenvalue weighted by atomic mass is 16.5. The predicted molar refractivity (Wildman–Crippen MR) is 91.3 cm³/mol. The van der Waals surface area contributed by atoms with Gasteiger partial charge in [-0.25, -0.2) is 4.79 Å². The molecule has 0 radical (unpaired) electrons. The van der Waals surface area contributed by atoms with Crippen molar-refractivity contribution >= 4 is 22.7 Å². The maximum absolute atomic E-state index is 12.2. The minimum absolute atomic E-state index is 0.0895. The Morgan fingerprint density at radius 3 is 2.58 bits per heavy atom. The third kappa shape index (κ3) is 3.48. The molecule has 0 unspecified atom stereocenters. The van der Waals surface area contributed by atoms with Crippen LogP contribution in [0.3, 0.4) is 0 Å². The monoisotopic (exact) mass is 326 g/mol. The number of nitrogens with one attached hydrogen (secondary N) is 1. The first-order valence-corrected chi connectivity index (χ1v) is 7.68. The number of anilines is 1. The Balaban J connectivity index is 1.71. The predicted octanol–water partition coefficient (Wildman–Crippen LogP) is 3.02. The van der Waals surface area contributed by atoms with Crippen LogP contribution < -0.4 is 15.8 Å². The van der Waals surface area contributed by atoms with Gasteiger partial charge in [0.05, 0.1) is 11.6 Å². The highest BCUT2D eigenvalue weighted by Crippen LogP contribution is 2.17. The van der Waals surface area contributed by atoms with Gasteiger partial charge in [0.15, 0.2) is 5.58 Å². The molecule has 0 saturated carbocycles. The van der Waals surface area contributed by atoms with Gasteiger partial charge in [-0.1, -0.05) is 12.1 Å². The zero-order valence-corrected chi connectivity index (χ0v) is 13.5. The minimum atomic E-state index is -0.549. The van der Waals surface area contributed by atoms with E-state index in [4.69, 9.17) is 9.15 Å². The number of carbonyl (C=O) groups excluding carboxylic acids is 1. The van der Waals surface area contributed by atoms with Crippen LogP contribution in [0.4, 0.5) is 5.69 Å². The molecule has 124 valence electrons. The maximum Gasteiger partial charge on any atom is 0.420 e. The van der Waals surface area contributed by atoms with Crippen LogP contribution >= 0.6 is 0 Å². The Morgan fingerprint density at radius 2 is 1.88 bits per heavy atom. The number of oxazole rings is 1. The SMILES string of the molecule is CC(C)Oc1ccc(NC(=O)Cn2c(=O)oc3ccccc32)cc1. The summed E-state index contributed by atoms with van der Waals surface area (Å²) in [5.41, 5.74) is 1.70. The fourth-order valence-electron chi connectivity index (χ4n) is 2.40. The highest BCUT2D eigenvalue weighted by Gasteiger charge is 2.12. The molecule has 6 heteroatoms. The normalized spacial score (nSPS) is 11.0. The molecule has 1 heterocycles. The van der Waals surface area contributed by atoms with Crippen LogP contribution in [0, 0.1) is 0 Å². The van der Waals surface area contributed by atoms with E-state index >= 15 is 0 Å². The Bertz CT molecular complexity index is 907. The molecule has 0 aliphatic rings. The van der Waals surface area contributed by atoms with Crippen LogP contribution in [-0.2, 0) is 11.3 Å². The summed E-state index contributed by atoms with van der Waals surface area (Å²) in [5, 5.41) is 2.76. The van der Waals surface area contributed by atoms with Gasteiger partial charge in [0.2, 0.25) is 5.91 Å². The molecule has 0 aliphatic carbocycles. The van der Waals surface area contributed by atoms with Crippen molar-refractivity contribution in [1.29, 1.82) is 0 Å². The van der Waals surface area contributed by atoms with Gasteiger partial charge in [-0.05, 0) is 50.2 Å². The van der Waals surface area contributed by atoms with Crippen LogP contribution in [0.2, 0.25) is 0 Å². The highest BCUT2D eigenvalue weighted by molar-refractivity contribution is 5.91. The molecular formula is C18H18N2O4. The van der Waals surface area contributed by atoms with E-state index in [0.717, 1.165) is 5.75 Å². The Morgan fingerprint density at radius 1 is 1.17 bits per heavy atom. The van der Waals surface area contributed by atoms with Crippen molar-refractivity contribution in [2.45, 2.75) is 26.5 Å². The number of rotatable bonds is 5. The summed E-state index contributed by atoms with van der Waals surface area (Å²) in [6, 6.07) is 14.1. The third-order valence-corrected chi connectivity index (χ3v) is 3.39. The lowest BCUT2D eigenvalue weighted by Gasteiger charge is -2.10. The molecule has 1 N–H and O–H groups in total. The van der Waals surface area contributed by atoms with E-state index < -0.39 is 5.76 Å². The molecule has 3 aromatic rings. The van der Waals surface area contributed by atoms with Crippen molar-refractivity contribution in [2.75, 3.05) is 5.32 Å². The fourth-order valence-corrected chi connectivity index (χ4v) is 2.40. The third-order valence-electron chi connectivity index (χ3n) is 3.39. The van der Waals surface area contributed by atoms with Crippen molar-refractivity contribution in [1.82, 2.24) is 4.57 Å². The van der Waals surface area contributed by atoms with Crippen LogP contribution in [0.5, 0.6) is 5.75 Å². The summed E-state index contributed by atoms with van der Waals surface area (Å²) in [7, 11) is 0. The summed E-state index contributed by atoms with van der Waals surface area (Å²) in [4.78, 5) is 24.1. The van der Waals surface area contributed by atoms with E-state index in [-0.39, 0.29) is 18.6 Å². The number of hydrogen-bond donors (Lipinski definition) is 1. The lowest BCUT2D eigenvalue weighted by atomic mass is 10.3. The Labute approximate surface area is 138 Å². The van der Waals surface area contributed by atoms with Gasteiger partial charge >= 0.3 is 5.76 Å². The van der Waals surface area contributed by atoms with Crippen molar-refractivity contribution < 1.29 is 13.9 Å². The second-order valence-electron chi connectivity index (χ2n) is 5.66. The first-order valence-electron chi connectivity index (χ1n) is 7.68. The number of benzene rings is 2. The molecule has 1 amide bonds. The number of hydrogen-bond acceptors (Lipinski definition) is 4. The van der Waals surface area contributed by atoms with E-state index in [0.29, 0.717) is 16.8 Å². The lowest BCUT2D eigenvalue weighted by molar-refractivity contribution is -0.116. The summed E-state index contributed by atoms with van der Waals surface area (Å²) < 4.78 is 12.0. The molecule has 0 aliphatic heterocycles. The van der Waals surface area contributed by atoms with Crippen LogP contribution in [0.1, 0.15) is 13.8 Å². The van der Waals surface area contributed by atoms with Gasteiger partial charge in [-0.15, -0.1) is 0 Å². The molecule has 1 aromatic heterocycles. The van der Waals surface area contributed by atoms with Crippen molar-refractivity contribution in [3.63, 3.8) is 0 Å². The maximum atomic E-state index is 12.2. The summed E-state index contributed by atoms with van der Waals surface area (Å²) in [6.07, 6.45) is 0.0895. The molecule has 3 rings (SSSR count). The number of para-hydroxylation sites is 2. The standard InChI is InChI=1S/C18H18N2O4/c1-12(2)23-14-9-7-13(8-10-14)19-17(21)11-20-15-5-3-4-6-16(15)24-18(20)22/h3-10,12H,11H2,1-2H3,(H,19,21). The van der Waals surface area contributed by atoms with Crippen LogP contribution in [-0.4, -0.2) is 16.6 Å². The Hall–Kier alpha value is -3.02. The number of carbonyl (C=O) groups is 1. The number of amides is 1. The summed E-state index contributed by atoms with van der Waals surface area (Å²) in [5.74, 6) is -0.117. The first kappa shape index (κ1) is 15.9. The Kier molecular flexibility index (Phi) is 4.37. The molecule has 24 heavy (non-hydrogen) atoms. The molecular weight excluding hydrogens is 308 g/mol. The van der Waals surface area contributed by atoms with Crippen molar-refractivity contribution in [3.8, 4) is 5.75 Å². The number of ether oxygens (including phenoxy) is 1. The van der Waals surface area contributed by atoms with E-state index in [1.807, 2.05) is 13.8 Å². The molecule has 0 fully saturated rings. The summed E-state index contributed by atoms with van der Waals surface area (Å²) in [6.45, 7) is 3.78. The lowest BCUT2D eigenvalue weighted by Crippen LogP contribution is -2.24. The van der Waals surface area contributed by atoms with Gasteiger partial charge in [-0.2, -0.15) is 0 Å². The number of nitrogens with zero attached hydrogens (tertiary/aromatic N) is 1. The fraction of sp³-hybridized carbons (Fsp3) is 0.222. The largest absolute Gasteiger partial charge is 0.491 e. The zero-order valence-electron chi connectivity index (χ0n) is 13.5. The van der Waals surface area contributed by atoms with E-state index in [1.165, 1.54) is 4.57 Å². The topological polar surface area (TPSA) is 73.5 Å². The van der Waals surface area contributed by atoms with Crippen molar-refractivity contribution in [2.24, 2.45) is 0 Å². The summed E-state index contributed by atoms with van der Waals surface area (Å²) >= 11 is 0. The second kappa shape index (κ2) is 6.62. The molecule has 2 aromatic carbocycles. The van der Waals surface area contributed by atoms with Gasteiger partial charge in [-0.3, -0.25) is 9.36 Å².